The number of nitrogens with zero attached hydrogens (tertiary/aromatic N) is 1. The van der Waals surface area contributed by atoms with Gasteiger partial charge in [-0.05, 0) is 30.0 Å². The summed E-state index contributed by atoms with van der Waals surface area (Å²) in [5, 5.41) is 10.7. The molecule has 1 aromatic rings. The molecule has 15 heavy (non-hydrogen) atoms. The first-order chi connectivity index (χ1) is 7.17. The van der Waals surface area contributed by atoms with Crippen molar-refractivity contribution in [3.05, 3.63) is 52.1 Å². The molecule has 1 rings (SSSR count). The molecule has 0 unspecified atom stereocenters. The highest BCUT2D eigenvalue weighted by Crippen LogP contribution is 2.18. The molecule has 0 fully saturated rings. The van der Waals surface area contributed by atoms with Crippen LogP contribution >= 0.6 is 0 Å². The molecule has 0 aliphatic carbocycles. The number of rotatable bonds is 5. The van der Waals surface area contributed by atoms with E-state index in [0.29, 0.717) is 5.56 Å². The minimum Gasteiger partial charge on any atom is -0.258 e. The number of hydrogen-bond donors (Lipinski definition) is 0. The normalized spacial score (nSPS) is 9.93. The van der Waals surface area contributed by atoms with Crippen LogP contribution in [0.1, 0.15) is 30.9 Å². The number of benzene rings is 1. The molecule has 0 saturated heterocycles. The van der Waals surface area contributed by atoms with Gasteiger partial charge in [-0.25, -0.2) is 0 Å². The van der Waals surface area contributed by atoms with Gasteiger partial charge < -0.3 is 0 Å². The maximum absolute atomic E-state index is 10.7. The molecule has 0 aliphatic rings. The Hall–Kier alpha value is -1.64. The molecule has 1 aromatic carbocycles. The van der Waals surface area contributed by atoms with E-state index < -0.39 is 0 Å². The zero-order valence-electron chi connectivity index (χ0n) is 8.82. The lowest BCUT2D eigenvalue weighted by Crippen LogP contribution is -1.93. The fourth-order valence-electron chi connectivity index (χ4n) is 1.41. The van der Waals surface area contributed by atoms with Crippen LogP contribution in [-0.2, 0) is 6.42 Å². The van der Waals surface area contributed by atoms with E-state index in [4.69, 9.17) is 0 Å². The number of non-ortho nitro benzene ring substituents is 1. The summed E-state index contributed by atoms with van der Waals surface area (Å²) in [7, 11) is 0. The van der Waals surface area contributed by atoms with E-state index in [1.807, 2.05) is 6.07 Å². The molecule has 3 nitrogen and oxygen atoms in total. The molecule has 0 saturated carbocycles. The summed E-state index contributed by atoms with van der Waals surface area (Å²) >= 11 is 0. The average Bonchev–Trinajstić information content (AvgIpc) is 2.25. The van der Waals surface area contributed by atoms with Crippen molar-refractivity contribution in [2.75, 3.05) is 0 Å². The predicted octanol–water partition coefficient (Wildman–Crippen LogP) is 3.27. The third kappa shape index (κ3) is 3.20. The molecule has 0 heterocycles. The van der Waals surface area contributed by atoms with Crippen molar-refractivity contribution in [1.29, 1.82) is 0 Å². The van der Waals surface area contributed by atoms with Crippen LogP contribution in [0.25, 0.3) is 0 Å². The highest BCUT2D eigenvalue weighted by atomic mass is 16.6. The van der Waals surface area contributed by atoms with E-state index in [2.05, 4.69) is 19.6 Å². The second kappa shape index (κ2) is 5.29. The maximum Gasteiger partial charge on any atom is 0.270 e. The van der Waals surface area contributed by atoms with Crippen LogP contribution in [0.5, 0.6) is 0 Å². The number of aryl methyl sites for hydroxylation is 1. The van der Waals surface area contributed by atoms with E-state index >= 15 is 0 Å². The Morgan fingerprint density at radius 1 is 1.47 bits per heavy atom. The molecule has 0 N–H and O–H groups in total. The fourth-order valence-corrected chi connectivity index (χ4v) is 1.41. The van der Waals surface area contributed by atoms with Crippen molar-refractivity contribution in [1.82, 2.24) is 0 Å². The first-order valence-corrected chi connectivity index (χ1v) is 4.99. The Morgan fingerprint density at radius 3 is 2.73 bits per heavy atom. The Labute approximate surface area is 89.6 Å². The van der Waals surface area contributed by atoms with E-state index in [1.165, 1.54) is 6.07 Å². The van der Waals surface area contributed by atoms with Crippen LogP contribution in [0.15, 0.2) is 24.8 Å². The molecule has 0 atom stereocenters. The lowest BCUT2D eigenvalue weighted by Gasteiger charge is -2.02. The lowest BCUT2D eigenvalue weighted by molar-refractivity contribution is -0.384. The average molecular weight is 204 g/mol. The Kier molecular flexibility index (Phi) is 4.03. The molecular formula is C12H14NO2. The molecule has 0 spiro atoms. The summed E-state index contributed by atoms with van der Waals surface area (Å²) in [5.41, 5.74) is 1.79. The largest absolute Gasteiger partial charge is 0.270 e. The smallest absolute Gasteiger partial charge is 0.258 e. The summed E-state index contributed by atoms with van der Waals surface area (Å²) in [6.07, 6.45) is 5.67. The zero-order chi connectivity index (χ0) is 11.3. The zero-order valence-corrected chi connectivity index (χ0v) is 8.82. The minimum atomic E-state index is -0.379. The predicted molar refractivity (Wildman–Crippen MR) is 59.7 cm³/mol. The third-order valence-corrected chi connectivity index (χ3v) is 2.21. The number of unbranched alkanes of at least 4 members (excludes halogenated alkanes) is 1. The highest BCUT2D eigenvalue weighted by Gasteiger charge is 2.08. The monoisotopic (exact) mass is 204 g/mol. The van der Waals surface area contributed by atoms with Crippen molar-refractivity contribution in [3.63, 3.8) is 0 Å². The van der Waals surface area contributed by atoms with Crippen LogP contribution in [0.3, 0.4) is 0 Å². The summed E-state index contributed by atoms with van der Waals surface area (Å²) in [4.78, 5) is 10.3. The van der Waals surface area contributed by atoms with Crippen LogP contribution in [0, 0.1) is 16.2 Å². The molecule has 1 radical (unpaired) electrons. The number of hydrogen-bond acceptors (Lipinski definition) is 2. The van der Waals surface area contributed by atoms with Gasteiger partial charge in [0.1, 0.15) is 0 Å². The van der Waals surface area contributed by atoms with Crippen molar-refractivity contribution < 1.29 is 4.92 Å². The SMILES string of the molecule is C=[C]c1cc(CCCC)cc([N+](=O)[O-])c1. The van der Waals surface area contributed by atoms with Gasteiger partial charge in [-0.1, -0.05) is 26.0 Å². The quantitative estimate of drug-likeness (QED) is 0.545. The van der Waals surface area contributed by atoms with E-state index in [0.717, 1.165) is 24.8 Å². The Morgan fingerprint density at radius 2 is 2.20 bits per heavy atom. The van der Waals surface area contributed by atoms with Crippen LogP contribution in [0.4, 0.5) is 5.69 Å². The van der Waals surface area contributed by atoms with Gasteiger partial charge in [0.2, 0.25) is 0 Å². The van der Waals surface area contributed by atoms with Crippen LogP contribution in [-0.4, -0.2) is 4.92 Å². The first-order valence-electron chi connectivity index (χ1n) is 4.99. The standard InChI is InChI=1S/C12H14NO2/c1-3-5-6-11-7-10(4-2)8-12(9-11)13(14)15/h7-9H,2-3,5-6H2,1H3. The molecule has 0 aromatic heterocycles. The summed E-state index contributed by atoms with van der Waals surface area (Å²) in [6.45, 7) is 5.60. The first kappa shape index (κ1) is 11.4. The molecule has 3 heteroatoms. The molecule has 0 aliphatic heterocycles. The molecule has 0 amide bonds. The van der Waals surface area contributed by atoms with E-state index in [1.54, 1.807) is 6.07 Å². The number of nitro groups is 1. The second-order valence-electron chi connectivity index (χ2n) is 3.43. The molecule has 0 bridgehead atoms. The molecule has 79 valence electrons. The Balaban J connectivity index is 3.00. The highest BCUT2D eigenvalue weighted by molar-refractivity contribution is 5.41. The van der Waals surface area contributed by atoms with Gasteiger partial charge in [-0.3, -0.25) is 10.1 Å². The lowest BCUT2D eigenvalue weighted by atomic mass is 10.0. The molecular weight excluding hydrogens is 190 g/mol. The maximum atomic E-state index is 10.7. The van der Waals surface area contributed by atoms with E-state index in [-0.39, 0.29) is 10.6 Å². The van der Waals surface area contributed by atoms with Gasteiger partial charge >= 0.3 is 0 Å². The topological polar surface area (TPSA) is 43.1 Å². The van der Waals surface area contributed by atoms with Gasteiger partial charge in [-0.2, -0.15) is 0 Å². The van der Waals surface area contributed by atoms with Crippen LogP contribution in [0.2, 0.25) is 0 Å². The van der Waals surface area contributed by atoms with Crippen LogP contribution < -0.4 is 0 Å². The summed E-state index contributed by atoms with van der Waals surface area (Å²) in [5.74, 6) is 0. The van der Waals surface area contributed by atoms with Gasteiger partial charge in [0, 0.05) is 12.1 Å². The fraction of sp³-hybridized carbons (Fsp3) is 0.333. The summed E-state index contributed by atoms with van der Waals surface area (Å²) < 4.78 is 0. The van der Waals surface area contributed by atoms with Gasteiger partial charge in [-0.15, -0.1) is 0 Å². The van der Waals surface area contributed by atoms with Crippen molar-refractivity contribution in [2.24, 2.45) is 0 Å². The van der Waals surface area contributed by atoms with Crippen molar-refractivity contribution in [2.45, 2.75) is 26.2 Å². The third-order valence-electron chi connectivity index (χ3n) is 2.21. The van der Waals surface area contributed by atoms with Crippen molar-refractivity contribution >= 4 is 5.69 Å². The van der Waals surface area contributed by atoms with Gasteiger partial charge in [0.05, 0.1) is 4.92 Å². The number of nitro benzene ring substituents is 1. The van der Waals surface area contributed by atoms with Gasteiger partial charge in [0.25, 0.3) is 5.69 Å². The van der Waals surface area contributed by atoms with E-state index in [9.17, 15) is 10.1 Å². The minimum absolute atomic E-state index is 0.120. The second-order valence-corrected chi connectivity index (χ2v) is 3.43. The summed E-state index contributed by atoms with van der Waals surface area (Å²) in [6, 6.07) is 5.01. The van der Waals surface area contributed by atoms with Gasteiger partial charge in [0.15, 0.2) is 0 Å². The Bertz CT molecular complexity index is 372. The van der Waals surface area contributed by atoms with Crippen molar-refractivity contribution in [3.8, 4) is 0 Å².